The van der Waals surface area contributed by atoms with Gasteiger partial charge in [0.05, 0.1) is 19.3 Å². The van der Waals surface area contributed by atoms with Gasteiger partial charge in [0, 0.05) is 24.6 Å². The zero-order chi connectivity index (χ0) is 16.1. The van der Waals surface area contributed by atoms with Gasteiger partial charge in [0.15, 0.2) is 11.6 Å². The Morgan fingerprint density at radius 3 is 2.91 bits per heavy atom. The SMILES string of the molecule is O=C(O)N1CCCC(C(OCCO)c2cccc(F)c2F)C1. The third-order valence-electron chi connectivity index (χ3n) is 3.83. The maximum Gasteiger partial charge on any atom is 0.407 e. The molecule has 1 aliphatic rings. The molecule has 1 amide bonds. The molecule has 0 aliphatic carbocycles. The fourth-order valence-corrected chi connectivity index (χ4v) is 2.83. The Bertz CT molecular complexity index is 526. The number of hydrogen-bond donors (Lipinski definition) is 2. The number of carboxylic acid groups (broad SMARTS) is 1. The number of likely N-dealkylation sites (tertiary alicyclic amines) is 1. The molecule has 5 nitrogen and oxygen atoms in total. The largest absolute Gasteiger partial charge is 0.465 e. The van der Waals surface area contributed by atoms with Crippen molar-refractivity contribution in [3.05, 3.63) is 35.4 Å². The van der Waals surface area contributed by atoms with Gasteiger partial charge in [-0.05, 0) is 18.9 Å². The number of benzene rings is 1. The van der Waals surface area contributed by atoms with Crippen LogP contribution in [0.4, 0.5) is 13.6 Å². The van der Waals surface area contributed by atoms with E-state index in [-0.39, 0.29) is 31.2 Å². The summed E-state index contributed by atoms with van der Waals surface area (Å²) in [5, 5.41) is 18.0. The van der Waals surface area contributed by atoms with Gasteiger partial charge in [-0.25, -0.2) is 13.6 Å². The average molecular weight is 315 g/mol. The highest BCUT2D eigenvalue weighted by Gasteiger charge is 2.33. The van der Waals surface area contributed by atoms with Crippen molar-refractivity contribution < 1.29 is 28.5 Å². The zero-order valence-corrected chi connectivity index (χ0v) is 12.0. The van der Waals surface area contributed by atoms with Crippen LogP contribution in [0.5, 0.6) is 0 Å². The smallest absolute Gasteiger partial charge is 0.407 e. The first kappa shape index (κ1) is 16.6. The second-order valence-corrected chi connectivity index (χ2v) is 5.29. The first-order valence-electron chi connectivity index (χ1n) is 7.18. The lowest BCUT2D eigenvalue weighted by Gasteiger charge is -2.35. The van der Waals surface area contributed by atoms with Gasteiger partial charge < -0.3 is 19.8 Å². The summed E-state index contributed by atoms with van der Waals surface area (Å²) in [6, 6.07) is 3.84. The van der Waals surface area contributed by atoms with E-state index in [1.54, 1.807) is 0 Å². The second-order valence-electron chi connectivity index (χ2n) is 5.29. The summed E-state index contributed by atoms with van der Waals surface area (Å²) < 4.78 is 33.0. The summed E-state index contributed by atoms with van der Waals surface area (Å²) in [6.45, 7) is 0.346. The highest BCUT2D eigenvalue weighted by atomic mass is 19.2. The van der Waals surface area contributed by atoms with Crippen molar-refractivity contribution in [2.24, 2.45) is 5.92 Å². The summed E-state index contributed by atoms with van der Waals surface area (Å²) in [6.07, 6.45) is -0.543. The van der Waals surface area contributed by atoms with Crippen molar-refractivity contribution in [3.8, 4) is 0 Å². The van der Waals surface area contributed by atoms with E-state index in [0.717, 1.165) is 6.07 Å². The summed E-state index contributed by atoms with van der Waals surface area (Å²) in [7, 11) is 0. The number of ether oxygens (including phenoxy) is 1. The molecule has 0 saturated carbocycles. The molecule has 1 fully saturated rings. The van der Waals surface area contributed by atoms with Crippen molar-refractivity contribution in [2.75, 3.05) is 26.3 Å². The maximum atomic E-state index is 14.0. The zero-order valence-electron chi connectivity index (χ0n) is 12.0. The maximum absolute atomic E-state index is 14.0. The van der Waals surface area contributed by atoms with E-state index in [2.05, 4.69) is 0 Å². The quantitative estimate of drug-likeness (QED) is 0.875. The van der Waals surface area contributed by atoms with Gasteiger partial charge in [0.1, 0.15) is 0 Å². The van der Waals surface area contributed by atoms with E-state index in [1.807, 2.05) is 0 Å². The Labute approximate surface area is 127 Å². The molecule has 1 aromatic carbocycles. The van der Waals surface area contributed by atoms with Crippen molar-refractivity contribution in [1.29, 1.82) is 0 Å². The van der Waals surface area contributed by atoms with Crippen molar-refractivity contribution >= 4 is 6.09 Å². The molecule has 0 bridgehead atoms. The fourth-order valence-electron chi connectivity index (χ4n) is 2.83. The van der Waals surface area contributed by atoms with E-state index in [1.165, 1.54) is 17.0 Å². The molecular formula is C15H19F2NO4. The minimum Gasteiger partial charge on any atom is -0.465 e. The van der Waals surface area contributed by atoms with E-state index in [4.69, 9.17) is 14.9 Å². The third kappa shape index (κ3) is 3.72. The van der Waals surface area contributed by atoms with Crippen LogP contribution in [0.1, 0.15) is 24.5 Å². The van der Waals surface area contributed by atoms with Gasteiger partial charge in [-0.2, -0.15) is 0 Å². The molecule has 2 rings (SSSR count). The number of hydrogen-bond acceptors (Lipinski definition) is 3. The lowest BCUT2D eigenvalue weighted by molar-refractivity contribution is -0.0282. The minimum atomic E-state index is -1.04. The average Bonchev–Trinajstić information content (AvgIpc) is 2.52. The molecule has 1 aliphatic heterocycles. The van der Waals surface area contributed by atoms with Crippen LogP contribution in [0.2, 0.25) is 0 Å². The van der Waals surface area contributed by atoms with E-state index in [0.29, 0.717) is 19.4 Å². The van der Waals surface area contributed by atoms with Crippen LogP contribution in [0.25, 0.3) is 0 Å². The number of nitrogens with zero attached hydrogens (tertiary/aromatic N) is 1. The van der Waals surface area contributed by atoms with Crippen LogP contribution in [-0.2, 0) is 4.74 Å². The summed E-state index contributed by atoms with van der Waals surface area (Å²) in [5.74, 6) is -2.24. The third-order valence-corrected chi connectivity index (χ3v) is 3.83. The number of aliphatic hydroxyl groups is 1. The number of aliphatic hydroxyl groups excluding tert-OH is 1. The Hall–Kier alpha value is -1.73. The van der Waals surface area contributed by atoms with E-state index in [9.17, 15) is 13.6 Å². The monoisotopic (exact) mass is 315 g/mol. The van der Waals surface area contributed by atoms with Gasteiger partial charge in [0.2, 0.25) is 0 Å². The van der Waals surface area contributed by atoms with Crippen LogP contribution >= 0.6 is 0 Å². The van der Waals surface area contributed by atoms with Gasteiger partial charge in [-0.15, -0.1) is 0 Å². The molecule has 2 atom stereocenters. The molecule has 2 unspecified atom stereocenters. The first-order chi connectivity index (χ1) is 10.5. The molecule has 0 spiro atoms. The Kier molecular flexibility index (Phi) is 5.68. The summed E-state index contributed by atoms with van der Waals surface area (Å²) >= 11 is 0. The molecule has 2 N–H and O–H groups in total. The van der Waals surface area contributed by atoms with Crippen molar-refractivity contribution in [3.63, 3.8) is 0 Å². The van der Waals surface area contributed by atoms with Gasteiger partial charge in [-0.1, -0.05) is 12.1 Å². The lowest BCUT2D eigenvalue weighted by atomic mass is 9.88. The van der Waals surface area contributed by atoms with E-state index >= 15 is 0 Å². The first-order valence-corrected chi connectivity index (χ1v) is 7.18. The molecule has 1 saturated heterocycles. The number of rotatable bonds is 5. The highest BCUT2D eigenvalue weighted by Crippen LogP contribution is 2.34. The molecule has 1 aromatic rings. The van der Waals surface area contributed by atoms with E-state index < -0.39 is 23.8 Å². The predicted molar refractivity (Wildman–Crippen MR) is 74.5 cm³/mol. The number of halogens is 2. The molecular weight excluding hydrogens is 296 g/mol. The summed E-state index contributed by atoms with van der Waals surface area (Å²) in [4.78, 5) is 12.4. The fraction of sp³-hybridized carbons (Fsp3) is 0.533. The lowest BCUT2D eigenvalue weighted by Crippen LogP contribution is -2.41. The Morgan fingerprint density at radius 1 is 1.45 bits per heavy atom. The predicted octanol–water partition coefficient (Wildman–Crippen LogP) is 2.40. The molecule has 0 radical (unpaired) electrons. The standard InChI is InChI=1S/C15H19F2NO4/c16-12-5-1-4-11(13(12)17)14(22-8-7-19)10-3-2-6-18(9-10)15(20)21/h1,4-5,10,14,19H,2-3,6-9H2,(H,20,21). The number of piperidine rings is 1. The van der Waals surface area contributed by atoms with Crippen LogP contribution in [-0.4, -0.2) is 47.5 Å². The van der Waals surface area contributed by atoms with Crippen LogP contribution in [0.15, 0.2) is 18.2 Å². The Balaban J connectivity index is 2.25. The minimum absolute atomic E-state index is 0.0236. The molecule has 22 heavy (non-hydrogen) atoms. The normalized spacial score (nSPS) is 20.0. The van der Waals surface area contributed by atoms with Gasteiger partial charge in [-0.3, -0.25) is 0 Å². The summed E-state index contributed by atoms with van der Waals surface area (Å²) in [5.41, 5.74) is 0.0608. The van der Waals surface area contributed by atoms with Gasteiger partial charge in [0.25, 0.3) is 0 Å². The number of amides is 1. The van der Waals surface area contributed by atoms with Crippen LogP contribution in [0, 0.1) is 17.6 Å². The second kappa shape index (κ2) is 7.51. The van der Waals surface area contributed by atoms with Crippen LogP contribution < -0.4 is 0 Å². The molecule has 0 aromatic heterocycles. The Morgan fingerprint density at radius 2 is 2.23 bits per heavy atom. The van der Waals surface area contributed by atoms with Crippen molar-refractivity contribution in [2.45, 2.75) is 18.9 Å². The van der Waals surface area contributed by atoms with Crippen molar-refractivity contribution in [1.82, 2.24) is 4.90 Å². The number of carbonyl (C=O) groups is 1. The molecule has 1 heterocycles. The van der Waals surface area contributed by atoms with Crippen LogP contribution in [0.3, 0.4) is 0 Å². The topological polar surface area (TPSA) is 70.0 Å². The highest BCUT2D eigenvalue weighted by molar-refractivity contribution is 5.65. The van der Waals surface area contributed by atoms with Gasteiger partial charge >= 0.3 is 6.09 Å². The molecule has 122 valence electrons. The molecule has 7 heteroatoms.